The predicted molar refractivity (Wildman–Crippen MR) is 120 cm³/mol. The van der Waals surface area contributed by atoms with Gasteiger partial charge in [0.15, 0.2) is 23.0 Å². The van der Waals surface area contributed by atoms with Crippen molar-refractivity contribution >= 4 is 0 Å². The first-order valence-electron chi connectivity index (χ1n) is 9.72. The van der Waals surface area contributed by atoms with E-state index in [1.54, 1.807) is 42.5 Å². The van der Waals surface area contributed by atoms with Crippen molar-refractivity contribution in [3.8, 4) is 56.8 Å². The van der Waals surface area contributed by atoms with E-state index in [0.717, 1.165) is 11.1 Å². The largest absolute Gasteiger partial charge is 0.508 e. The molecule has 3 aromatic carbocycles. The summed E-state index contributed by atoms with van der Waals surface area (Å²) >= 11 is 0. The van der Waals surface area contributed by atoms with Crippen LogP contribution in [0.25, 0.3) is 22.3 Å². The molecule has 0 aromatic heterocycles. The minimum atomic E-state index is -0.123. The van der Waals surface area contributed by atoms with Crippen molar-refractivity contribution in [1.29, 1.82) is 0 Å². The van der Waals surface area contributed by atoms with Crippen LogP contribution in [-0.4, -0.2) is 36.1 Å². The SMILES string of the molecule is COc1cc(-c2ccc(O)cc2)c(OC)c(O)c1-c1ccc(OCC=C(C)C)c(O)c1. The van der Waals surface area contributed by atoms with Crippen LogP contribution in [0.15, 0.2) is 60.2 Å². The molecule has 0 heterocycles. The maximum Gasteiger partial charge on any atom is 0.170 e. The summed E-state index contributed by atoms with van der Waals surface area (Å²) in [5.41, 5.74) is 3.38. The lowest BCUT2D eigenvalue weighted by atomic mass is 9.96. The zero-order chi connectivity index (χ0) is 22.5. The fourth-order valence-corrected chi connectivity index (χ4v) is 3.22. The summed E-state index contributed by atoms with van der Waals surface area (Å²) in [6, 6.07) is 13.2. The molecule has 6 nitrogen and oxygen atoms in total. The van der Waals surface area contributed by atoms with E-state index < -0.39 is 0 Å². The van der Waals surface area contributed by atoms with E-state index in [1.165, 1.54) is 20.3 Å². The van der Waals surface area contributed by atoms with Gasteiger partial charge in [-0.15, -0.1) is 0 Å². The molecule has 162 valence electrons. The third kappa shape index (κ3) is 4.69. The summed E-state index contributed by atoms with van der Waals surface area (Å²) in [6.07, 6.45) is 1.91. The highest BCUT2D eigenvalue weighted by Gasteiger charge is 2.22. The van der Waals surface area contributed by atoms with Crippen molar-refractivity contribution in [2.75, 3.05) is 20.8 Å². The van der Waals surface area contributed by atoms with Crippen LogP contribution in [0.1, 0.15) is 13.8 Å². The summed E-state index contributed by atoms with van der Waals surface area (Å²) in [5.74, 6) is 0.958. The Hall–Kier alpha value is -3.80. The Bertz CT molecular complexity index is 1100. The number of allylic oxidation sites excluding steroid dienone is 1. The number of benzene rings is 3. The van der Waals surface area contributed by atoms with E-state index in [1.807, 2.05) is 19.9 Å². The molecule has 31 heavy (non-hydrogen) atoms. The Labute approximate surface area is 181 Å². The molecule has 0 spiro atoms. The molecule has 0 saturated heterocycles. The molecule has 3 N–H and O–H groups in total. The van der Waals surface area contributed by atoms with E-state index >= 15 is 0 Å². The molecule has 0 aliphatic rings. The second-order valence-electron chi connectivity index (χ2n) is 7.21. The molecule has 0 bridgehead atoms. The summed E-state index contributed by atoms with van der Waals surface area (Å²) in [7, 11) is 2.97. The minimum absolute atomic E-state index is 0.0531. The molecule has 0 unspecified atom stereocenters. The molecule has 0 fully saturated rings. The average molecular weight is 422 g/mol. The van der Waals surface area contributed by atoms with Crippen molar-refractivity contribution in [2.45, 2.75) is 13.8 Å². The van der Waals surface area contributed by atoms with Crippen molar-refractivity contribution in [3.63, 3.8) is 0 Å². The quantitative estimate of drug-likeness (QED) is 0.436. The maximum atomic E-state index is 11.0. The van der Waals surface area contributed by atoms with E-state index in [0.29, 0.717) is 34.8 Å². The van der Waals surface area contributed by atoms with Crippen LogP contribution in [0, 0.1) is 0 Å². The van der Waals surface area contributed by atoms with Gasteiger partial charge in [-0.2, -0.15) is 0 Å². The molecule has 0 radical (unpaired) electrons. The van der Waals surface area contributed by atoms with Crippen LogP contribution in [-0.2, 0) is 0 Å². The summed E-state index contributed by atoms with van der Waals surface area (Å²) in [6.45, 7) is 4.28. The van der Waals surface area contributed by atoms with Gasteiger partial charge in [-0.25, -0.2) is 0 Å². The van der Waals surface area contributed by atoms with Gasteiger partial charge in [0, 0.05) is 5.56 Å². The third-order valence-electron chi connectivity index (χ3n) is 4.80. The predicted octanol–water partition coefficient (Wildman–Crippen LogP) is 5.50. The lowest BCUT2D eigenvalue weighted by Gasteiger charge is -2.18. The van der Waals surface area contributed by atoms with Gasteiger partial charge < -0.3 is 29.5 Å². The Balaban J connectivity index is 2.08. The molecule has 0 atom stereocenters. The van der Waals surface area contributed by atoms with Gasteiger partial charge in [-0.05, 0) is 61.4 Å². The van der Waals surface area contributed by atoms with E-state index in [9.17, 15) is 15.3 Å². The summed E-state index contributed by atoms with van der Waals surface area (Å²) in [4.78, 5) is 0. The zero-order valence-corrected chi connectivity index (χ0v) is 18.0. The van der Waals surface area contributed by atoms with Crippen LogP contribution in [0.4, 0.5) is 0 Å². The highest BCUT2D eigenvalue weighted by atomic mass is 16.5. The highest BCUT2D eigenvalue weighted by Crippen LogP contribution is 2.50. The van der Waals surface area contributed by atoms with E-state index in [2.05, 4.69) is 0 Å². The maximum absolute atomic E-state index is 11.0. The standard InChI is InChI=1S/C25H26O6/c1-15(2)11-12-31-21-10-7-17(13-20(21)27)23-22(29-3)14-19(25(30-4)24(23)28)16-5-8-18(26)9-6-16/h5-11,13-14,26-28H,12H2,1-4H3. The smallest absolute Gasteiger partial charge is 0.170 e. The number of phenolic OH excluding ortho intramolecular Hbond substituents is 3. The molecule has 3 rings (SSSR count). The number of phenols is 3. The van der Waals surface area contributed by atoms with Crippen LogP contribution in [0.5, 0.6) is 34.5 Å². The Kier molecular flexibility index (Phi) is 6.60. The minimum Gasteiger partial charge on any atom is -0.508 e. The molecule has 0 saturated carbocycles. The monoisotopic (exact) mass is 422 g/mol. The van der Waals surface area contributed by atoms with E-state index in [4.69, 9.17) is 14.2 Å². The number of hydrogen-bond acceptors (Lipinski definition) is 6. The number of aromatic hydroxyl groups is 3. The first-order chi connectivity index (χ1) is 14.8. The number of rotatable bonds is 7. The Morgan fingerprint density at radius 3 is 2.10 bits per heavy atom. The Morgan fingerprint density at radius 2 is 1.52 bits per heavy atom. The van der Waals surface area contributed by atoms with Gasteiger partial charge in [0.2, 0.25) is 0 Å². The van der Waals surface area contributed by atoms with Gasteiger partial charge in [0.05, 0.1) is 19.8 Å². The number of methoxy groups -OCH3 is 2. The first kappa shape index (κ1) is 21.9. The molecule has 0 aliphatic carbocycles. The van der Waals surface area contributed by atoms with Crippen LogP contribution in [0.3, 0.4) is 0 Å². The van der Waals surface area contributed by atoms with Crippen LogP contribution >= 0.6 is 0 Å². The van der Waals surface area contributed by atoms with Crippen molar-refractivity contribution in [1.82, 2.24) is 0 Å². The highest BCUT2D eigenvalue weighted by molar-refractivity contribution is 5.88. The molecule has 6 heteroatoms. The van der Waals surface area contributed by atoms with Gasteiger partial charge in [0.1, 0.15) is 18.1 Å². The summed E-state index contributed by atoms with van der Waals surface area (Å²) in [5, 5.41) is 31.0. The van der Waals surface area contributed by atoms with Crippen molar-refractivity contribution < 1.29 is 29.5 Å². The molecular weight excluding hydrogens is 396 g/mol. The lowest BCUT2D eigenvalue weighted by molar-refractivity contribution is 0.335. The Morgan fingerprint density at radius 1 is 0.839 bits per heavy atom. The molecule has 3 aromatic rings. The average Bonchev–Trinajstić information content (AvgIpc) is 2.74. The fourth-order valence-electron chi connectivity index (χ4n) is 3.22. The topological polar surface area (TPSA) is 88.4 Å². The van der Waals surface area contributed by atoms with Crippen molar-refractivity contribution in [3.05, 3.63) is 60.2 Å². The number of ether oxygens (including phenoxy) is 3. The van der Waals surface area contributed by atoms with Gasteiger partial charge in [-0.1, -0.05) is 23.8 Å². The second kappa shape index (κ2) is 9.34. The molecule has 0 amide bonds. The van der Waals surface area contributed by atoms with Gasteiger partial charge in [-0.3, -0.25) is 0 Å². The lowest BCUT2D eigenvalue weighted by Crippen LogP contribution is -1.97. The third-order valence-corrected chi connectivity index (χ3v) is 4.80. The van der Waals surface area contributed by atoms with Crippen LogP contribution < -0.4 is 14.2 Å². The molecular formula is C25H26O6. The second-order valence-corrected chi connectivity index (χ2v) is 7.21. The first-order valence-corrected chi connectivity index (χ1v) is 9.72. The van der Waals surface area contributed by atoms with Gasteiger partial charge >= 0.3 is 0 Å². The van der Waals surface area contributed by atoms with E-state index in [-0.39, 0.29) is 23.0 Å². The van der Waals surface area contributed by atoms with Gasteiger partial charge in [0.25, 0.3) is 0 Å². The number of hydrogen-bond donors (Lipinski definition) is 3. The zero-order valence-electron chi connectivity index (χ0n) is 18.0. The van der Waals surface area contributed by atoms with Crippen LogP contribution in [0.2, 0.25) is 0 Å². The fraction of sp³-hybridized carbons (Fsp3) is 0.200. The van der Waals surface area contributed by atoms with Crippen molar-refractivity contribution in [2.24, 2.45) is 0 Å². The normalized spacial score (nSPS) is 10.5. The summed E-state index contributed by atoms with van der Waals surface area (Å²) < 4.78 is 16.6. The molecule has 0 aliphatic heterocycles.